The van der Waals surface area contributed by atoms with Crippen molar-refractivity contribution in [3.8, 4) is 0 Å². The van der Waals surface area contributed by atoms with E-state index < -0.39 is 8.32 Å². The SMILES string of the molecule is CC(C)(C)[Si](C)(C)O[C@@H]1CCCO[C@H]1CC1=CCC[C@H]2O[C@@H](c3ccccc3)OC[C@@H]2O1. The van der Waals surface area contributed by atoms with E-state index in [9.17, 15) is 0 Å². The first-order chi connectivity index (χ1) is 15.2. The number of allylic oxidation sites excluding steroid dienone is 1. The zero-order valence-corrected chi connectivity index (χ0v) is 21.3. The molecule has 3 aliphatic heterocycles. The molecule has 0 radical (unpaired) electrons. The molecule has 1 aromatic rings. The van der Waals surface area contributed by atoms with Crippen LogP contribution in [0.5, 0.6) is 0 Å². The Labute approximate surface area is 194 Å². The van der Waals surface area contributed by atoms with Gasteiger partial charge in [0, 0.05) is 18.6 Å². The van der Waals surface area contributed by atoms with Crippen LogP contribution in [0, 0.1) is 0 Å². The fraction of sp³-hybridized carbons (Fsp3) is 0.692. The molecule has 5 nitrogen and oxygen atoms in total. The highest BCUT2D eigenvalue weighted by Crippen LogP contribution is 2.40. The van der Waals surface area contributed by atoms with Gasteiger partial charge in [0.15, 0.2) is 14.6 Å². The first kappa shape index (κ1) is 24.0. The molecule has 0 amide bonds. The van der Waals surface area contributed by atoms with Gasteiger partial charge in [0.05, 0.1) is 24.6 Å². The minimum atomic E-state index is -1.86. The molecule has 0 bridgehead atoms. The average molecular weight is 461 g/mol. The Hall–Kier alpha value is -1.18. The Morgan fingerprint density at radius 2 is 1.81 bits per heavy atom. The lowest BCUT2D eigenvalue weighted by Gasteiger charge is -2.43. The number of hydrogen-bond acceptors (Lipinski definition) is 5. The van der Waals surface area contributed by atoms with Crippen LogP contribution in [0.4, 0.5) is 0 Å². The lowest BCUT2D eigenvalue weighted by Crippen LogP contribution is -2.49. The van der Waals surface area contributed by atoms with E-state index in [1.54, 1.807) is 0 Å². The van der Waals surface area contributed by atoms with Crippen molar-refractivity contribution in [1.29, 1.82) is 0 Å². The van der Waals surface area contributed by atoms with Crippen LogP contribution in [0.3, 0.4) is 0 Å². The standard InChI is InChI=1S/C26H40O5Si/c1-26(2,3)32(4,5)31-22-15-10-16-27-23(22)17-20-13-9-14-21-24(29-20)18-28-25(30-21)19-11-7-6-8-12-19/h6-8,11-13,21-25H,9-10,14-18H2,1-5H3/t21-,22-,23+,24+,25+/m1/s1. The number of ether oxygens (including phenoxy) is 4. The monoisotopic (exact) mass is 460 g/mol. The van der Waals surface area contributed by atoms with Gasteiger partial charge in [-0.1, -0.05) is 51.1 Å². The molecule has 2 saturated heterocycles. The van der Waals surface area contributed by atoms with Crippen molar-refractivity contribution in [3.05, 3.63) is 47.7 Å². The normalized spacial score (nSPS) is 31.8. The van der Waals surface area contributed by atoms with Gasteiger partial charge in [-0.2, -0.15) is 0 Å². The van der Waals surface area contributed by atoms with Crippen LogP contribution in [0.1, 0.15) is 64.7 Å². The molecule has 1 aromatic carbocycles. The number of fused-ring (bicyclic) bond motifs is 1. The first-order valence-electron chi connectivity index (χ1n) is 12.2. The third-order valence-corrected chi connectivity index (χ3v) is 11.9. The fourth-order valence-corrected chi connectivity index (χ4v) is 5.78. The van der Waals surface area contributed by atoms with E-state index in [2.05, 4.69) is 52.1 Å². The van der Waals surface area contributed by atoms with Crippen LogP contribution in [0.25, 0.3) is 0 Å². The molecule has 32 heavy (non-hydrogen) atoms. The van der Waals surface area contributed by atoms with E-state index in [1.165, 1.54) is 0 Å². The topological polar surface area (TPSA) is 46.2 Å². The average Bonchev–Trinajstić information content (AvgIpc) is 2.96. The summed E-state index contributed by atoms with van der Waals surface area (Å²) < 4.78 is 31.7. The number of rotatable bonds is 5. The fourth-order valence-electron chi connectivity index (χ4n) is 4.40. The zero-order valence-electron chi connectivity index (χ0n) is 20.3. The lowest BCUT2D eigenvalue weighted by molar-refractivity contribution is -0.259. The summed E-state index contributed by atoms with van der Waals surface area (Å²) in [5.74, 6) is 0.999. The van der Waals surface area contributed by atoms with Gasteiger partial charge in [-0.25, -0.2) is 0 Å². The molecule has 0 aliphatic carbocycles. The molecule has 4 rings (SSSR count). The second kappa shape index (κ2) is 9.98. The molecule has 178 valence electrons. The minimum absolute atomic E-state index is 0.0364. The Morgan fingerprint density at radius 3 is 2.56 bits per heavy atom. The highest BCUT2D eigenvalue weighted by molar-refractivity contribution is 6.74. The summed E-state index contributed by atoms with van der Waals surface area (Å²) in [5.41, 5.74) is 1.06. The quantitative estimate of drug-likeness (QED) is 0.495. The van der Waals surface area contributed by atoms with E-state index in [0.29, 0.717) is 6.61 Å². The van der Waals surface area contributed by atoms with E-state index in [1.807, 2.05) is 18.2 Å². The second-order valence-corrected chi connectivity index (χ2v) is 15.6. The van der Waals surface area contributed by atoms with Crippen LogP contribution in [-0.4, -0.2) is 45.9 Å². The third-order valence-electron chi connectivity index (χ3n) is 7.36. The summed E-state index contributed by atoms with van der Waals surface area (Å²) in [6.07, 6.45) is 6.80. The van der Waals surface area contributed by atoms with Crippen molar-refractivity contribution in [2.24, 2.45) is 0 Å². The van der Waals surface area contributed by atoms with Gasteiger partial charge in [0.2, 0.25) is 0 Å². The van der Waals surface area contributed by atoms with Crippen LogP contribution >= 0.6 is 0 Å². The molecule has 0 aromatic heterocycles. The van der Waals surface area contributed by atoms with Crippen molar-refractivity contribution in [1.82, 2.24) is 0 Å². The van der Waals surface area contributed by atoms with Gasteiger partial charge in [0.25, 0.3) is 0 Å². The molecule has 0 saturated carbocycles. The Morgan fingerprint density at radius 1 is 1.03 bits per heavy atom. The van der Waals surface area contributed by atoms with Crippen LogP contribution in [-0.2, 0) is 23.4 Å². The molecular formula is C26H40O5Si. The predicted molar refractivity (Wildman–Crippen MR) is 128 cm³/mol. The molecular weight excluding hydrogens is 420 g/mol. The van der Waals surface area contributed by atoms with Crippen LogP contribution in [0.2, 0.25) is 18.1 Å². The maximum Gasteiger partial charge on any atom is 0.192 e. The van der Waals surface area contributed by atoms with Crippen molar-refractivity contribution in [2.75, 3.05) is 13.2 Å². The van der Waals surface area contributed by atoms with Gasteiger partial charge in [-0.15, -0.1) is 0 Å². The summed E-state index contributed by atoms with van der Waals surface area (Å²) in [6, 6.07) is 10.1. The van der Waals surface area contributed by atoms with Crippen LogP contribution in [0.15, 0.2) is 42.2 Å². The highest BCUT2D eigenvalue weighted by atomic mass is 28.4. The Bertz CT molecular complexity index is 772. The van der Waals surface area contributed by atoms with Crippen LogP contribution < -0.4 is 0 Å². The summed E-state index contributed by atoms with van der Waals surface area (Å²) in [4.78, 5) is 0. The summed E-state index contributed by atoms with van der Waals surface area (Å²) in [7, 11) is -1.86. The van der Waals surface area contributed by atoms with E-state index in [-0.39, 0.29) is 35.7 Å². The Kier molecular flexibility index (Phi) is 7.47. The predicted octanol–water partition coefficient (Wildman–Crippen LogP) is 6.12. The van der Waals surface area contributed by atoms with Crippen molar-refractivity contribution >= 4 is 8.32 Å². The minimum Gasteiger partial charge on any atom is -0.490 e. The van der Waals surface area contributed by atoms with Crippen molar-refractivity contribution < 1.29 is 23.4 Å². The Balaban J connectivity index is 1.37. The molecule has 2 fully saturated rings. The summed E-state index contributed by atoms with van der Waals surface area (Å²) in [6.45, 7) is 12.9. The molecule has 3 aliphatic rings. The molecule has 0 spiro atoms. The molecule has 0 unspecified atom stereocenters. The van der Waals surface area contributed by atoms with E-state index in [4.69, 9.17) is 23.4 Å². The number of benzene rings is 1. The first-order valence-corrected chi connectivity index (χ1v) is 15.1. The highest BCUT2D eigenvalue weighted by Gasteiger charge is 2.42. The maximum absolute atomic E-state index is 6.78. The molecule has 3 heterocycles. The van der Waals surface area contributed by atoms with Gasteiger partial charge in [-0.05, 0) is 49.9 Å². The van der Waals surface area contributed by atoms with Crippen molar-refractivity contribution in [2.45, 2.75) is 102 Å². The summed E-state index contributed by atoms with van der Waals surface area (Å²) in [5, 5.41) is 0.187. The van der Waals surface area contributed by atoms with Gasteiger partial charge in [-0.3, -0.25) is 0 Å². The van der Waals surface area contributed by atoms with E-state index >= 15 is 0 Å². The zero-order chi connectivity index (χ0) is 22.8. The van der Waals surface area contributed by atoms with Crippen molar-refractivity contribution in [3.63, 3.8) is 0 Å². The van der Waals surface area contributed by atoms with Gasteiger partial charge < -0.3 is 23.4 Å². The number of hydrogen-bond donors (Lipinski definition) is 0. The lowest BCUT2D eigenvalue weighted by atomic mass is 10.0. The molecule has 5 atom stereocenters. The molecule has 6 heteroatoms. The largest absolute Gasteiger partial charge is 0.490 e. The summed E-state index contributed by atoms with van der Waals surface area (Å²) >= 11 is 0. The second-order valence-electron chi connectivity index (χ2n) is 10.8. The third kappa shape index (κ3) is 5.65. The smallest absolute Gasteiger partial charge is 0.192 e. The van der Waals surface area contributed by atoms with Gasteiger partial charge in [0.1, 0.15) is 12.2 Å². The maximum atomic E-state index is 6.78. The van der Waals surface area contributed by atoms with Gasteiger partial charge >= 0.3 is 0 Å². The molecule has 0 N–H and O–H groups in total. The van der Waals surface area contributed by atoms with E-state index in [0.717, 1.165) is 50.0 Å².